The molecule has 0 radical (unpaired) electrons. The SMILES string of the molecule is O=C1c2ccccc2C(=O)c2sc(N/N=C/c3cccc([N+](=O)[O-])c3)nc21. The number of aromatic nitrogens is 1. The fourth-order valence-corrected chi connectivity index (χ4v) is 3.55. The minimum absolute atomic E-state index is 0.0439. The van der Waals surface area contributed by atoms with Crippen LogP contribution in [0.15, 0.2) is 53.6 Å². The van der Waals surface area contributed by atoms with Gasteiger partial charge in [-0.2, -0.15) is 5.10 Å². The molecule has 0 aliphatic heterocycles. The zero-order valence-corrected chi connectivity index (χ0v) is 14.4. The summed E-state index contributed by atoms with van der Waals surface area (Å²) < 4.78 is 0. The van der Waals surface area contributed by atoms with Gasteiger partial charge in [0.2, 0.25) is 16.7 Å². The van der Waals surface area contributed by atoms with Crippen molar-refractivity contribution in [2.75, 3.05) is 5.43 Å². The van der Waals surface area contributed by atoms with E-state index in [1.165, 1.54) is 18.3 Å². The first-order valence-electron chi connectivity index (χ1n) is 7.77. The van der Waals surface area contributed by atoms with Crippen molar-refractivity contribution >= 4 is 39.9 Å². The summed E-state index contributed by atoms with van der Waals surface area (Å²) in [6, 6.07) is 12.6. The molecule has 1 aliphatic rings. The summed E-state index contributed by atoms with van der Waals surface area (Å²) in [5.41, 5.74) is 3.97. The van der Waals surface area contributed by atoms with Gasteiger partial charge in [0.25, 0.3) is 5.69 Å². The van der Waals surface area contributed by atoms with Gasteiger partial charge < -0.3 is 0 Å². The lowest BCUT2D eigenvalue weighted by molar-refractivity contribution is -0.384. The number of nitro groups is 1. The standard InChI is InChI=1S/C18H10N4O4S/c23-15-12-6-1-2-7-13(12)16(24)17-14(15)20-18(27-17)21-19-9-10-4-3-5-11(8-10)22(25)26/h1-9H,(H,20,21)/b19-9+. The number of nitro benzene ring substituents is 1. The maximum Gasteiger partial charge on any atom is 0.270 e. The van der Waals surface area contributed by atoms with Gasteiger partial charge in [-0.1, -0.05) is 47.7 Å². The molecule has 0 amide bonds. The van der Waals surface area contributed by atoms with Crippen LogP contribution in [0.1, 0.15) is 36.9 Å². The van der Waals surface area contributed by atoms with Crippen LogP contribution in [0, 0.1) is 10.1 Å². The zero-order chi connectivity index (χ0) is 19.0. The predicted molar refractivity (Wildman–Crippen MR) is 99.7 cm³/mol. The maximum absolute atomic E-state index is 12.6. The predicted octanol–water partition coefficient (Wildman–Crippen LogP) is 3.27. The van der Waals surface area contributed by atoms with Crippen LogP contribution < -0.4 is 5.43 Å². The number of ketones is 2. The third kappa shape index (κ3) is 3.00. The smallest absolute Gasteiger partial charge is 0.270 e. The van der Waals surface area contributed by atoms with E-state index < -0.39 is 4.92 Å². The van der Waals surface area contributed by atoms with Crippen LogP contribution in [0.5, 0.6) is 0 Å². The fourth-order valence-electron chi connectivity index (χ4n) is 2.69. The van der Waals surface area contributed by atoms with E-state index in [9.17, 15) is 19.7 Å². The largest absolute Gasteiger partial charge is 0.288 e. The Kier molecular flexibility index (Phi) is 4.05. The lowest BCUT2D eigenvalue weighted by Gasteiger charge is -2.11. The first-order chi connectivity index (χ1) is 13.0. The average Bonchev–Trinajstić information content (AvgIpc) is 3.11. The molecule has 0 unspecified atom stereocenters. The lowest BCUT2D eigenvalue weighted by Crippen LogP contribution is -2.19. The second-order valence-corrected chi connectivity index (χ2v) is 6.62. The molecule has 4 rings (SSSR count). The Morgan fingerprint density at radius 2 is 1.81 bits per heavy atom. The quantitative estimate of drug-likeness (QED) is 0.331. The van der Waals surface area contributed by atoms with E-state index in [2.05, 4.69) is 15.5 Å². The average molecular weight is 378 g/mol. The lowest BCUT2D eigenvalue weighted by atomic mass is 9.91. The van der Waals surface area contributed by atoms with Crippen molar-refractivity contribution in [3.8, 4) is 0 Å². The summed E-state index contributed by atoms with van der Waals surface area (Å²) in [6.45, 7) is 0. The van der Waals surface area contributed by atoms with Crippen LogP contribution in [0.4, 0.5) is 10.8 Å². The molecule has 1 aromatic heterocycles. The number of hydrogen-bond donors (Lipinski definition) is 1. The van der Waals surface area contributed by atoms with Crippen molar-refractivity contribution in [2.45, 2.75) is 0 Å². The third-order valence-corrected chi connectivity index (χ3v) is 4.88. The molecule has 8 nitrogen and oxygen atoms in total. The van der Waals surface area contributed by atoms with Crippen molar-refractivity contribution in [3.63, 3.8) is 0 Å². The number of carbonyl (C=O) groups is 2. The molecule has 3 aromatic rings. The molecule has 27 heavy (non-hydrogen) atoms. The number of fused-ring (bicyclic) bond motifs is 2. The molecule has 1 heterocycles. The molecule has 0 saturated carbocycles. The van der Waals surface area contributed by atoms with Crippen LogP contribution >= 0.6 is 11.3 Å². The summed E-state index contributed by atoms with van der Waals surface area (Å²) in [7, 11) is 0. The van der Waals surface area contributed by atoms with Crippen molar-refractivity contribution in [1.29, 1.82) is 0 Å². The van der Waals surface area contributed by atoms with Gasteiger partial charge in [-0.05, 0) is 0 Å². The Bertz CT molecular complexity index is 1080. The van der Waals surface area contributed by atoms with Crippen LogP contribution in [0.3, 0.4) is 0 Å². The minimum Gasteiger partial charge on any atom is -0.288 e. The van der Waals surface area contributed by atoms with Crippen LogP contribution in [0.25, 0.3) is 0 Å². The van der Waals surface area contributed by atoms with Crippen molar-refractivity contribution < 1.29 is 14.5 Å². The van der Waals surface area contributed by atoms with Gasteiger partial charge in [-0.25, -0.2) is 4.98 Å². The number of nitrogens with one attached hydrogen (secondary N) is 1. The Morgan fingerprint density at radius 3 is 2.56 bits per heavy atom. The molecule has 0 atom stereocenters. The molecule has 0 spiro atoms. The van der Waals surface area contributed by atoms with Crippen molar-refractivity contribution in [3.05, 3.63) is 85.9 Å². The monoisotopic (exact) mass is 378 g/mol. The number of hydrazone groups is 1. The summed E-state index contributed by atoms with van der Waals surface area (Å²) in [6.07, 6.45) is 1.39. The summed E-state index contributed by atoms with van der Waals surface area (Å²) in [5, 5.41) is 15.1. The van der Waals surface area contributed by atoms with Gasteiger partial charge in [-0.15, -0.1) is 0 Å². The highest BCUT2D eigenvalue weighted by molar-refractivity contribution is 7.18. The Balaban J connectivity index is 1.57. The fraction of sp³-hybridized carbons (Fsp3) is 0. The number of thiazole rings is 1. The molecule has 0 fully saturated rings. The number of anilines is 1. The Labute approximate surface area is 156 Å². The molecule has 9 heteroatoms. The molecule has 0 saturated heterocycles. The first kappa shape index (κ1) is 16.7. The molecule has 1 aliphatic carbocycles. The van der Waals surface area contributed by atoms with Crippen LogP contribution in [0.2, 0.25) is 0 Å². The number of rotatable bonds is 4. The first-order valence-corrected chi connectivity index (χ1v) is 8.59. The molecule has 132 valence electrons. The van der Waals surface area contributed by atoms with Gasteiger partial charge in [0.1, 0.15) is 10.6 Å². The second kappa shape index (κ2) is 6.54. The molecule has 1 N–H and O–H groups in total. The number of nitrogens with zero attached hydrogens (tertiary/aromatic N) is 3. The van der Waals surface area contributed by atoms with E-state index in [0.717, 1.165) is 11.3 Å². The minimum atomic E-state index is -0.492. The molecular formula is C18H10N4O4S. The van der Waals surface area contributed by atoms with Gasteiger partial charge in [0.15, 0.2) is 0 Å². The number of benzene rings is 2. The van der Waals surface area contributed by atoms with Gasteiger partial charge in [-0.3, -0.25) is 25.1 Å². The number of carbonyl (C=O) groups excluding carboxylic acids is 2. The van der Waals surface area contributed by atoms with E-state index in [-0.39, 0.29) is 33.0 Å². The third-order valence-electron chi connectivity index (χ3n) is 3.92. The van der Waals surface area contributed by atoms with Crippen molar-refractivity contribution in [1.82, 2.24) is 4.98 Å². The van der Waals surface area contributed by atoms with Crippen LogP contribution in [-0.2, 0) is 0 Å². The van der Waals surface area contributed by atoms with E-state index in [1.54, 1.807) is 36.4 Å². The zero-order valence-electron chi connectivity index (χ0n) is 13.6. The van der Waals surface area contributed by atoms with E-state index in [1.807, 2.05) is 0 Å². The Morgan fingerprint density at radius 1 is 1.07 bits per heavy atom. The summed E-state index contributed by atoms with van der Waals surface area (Å²) in [4.78, 5) is 39.8. The summed E-state index contributed by atoms with van der Waals surface area (Å²) in [5.74, 6) is -0.541. The van der Waals surface area contributed by atoms with Crippen LogP contribution in [-0.4, -0.2) is 27.7 Å². The number of non-ortho nitro benzene ring substituents is 1. The van der Waals surface area contributed by atoms with E-state index in [0.29, 0.717) is 16.7 Å². The van der Waals surface area contributed by atoms with Gasteiger partial charge >= 0.3 is 0 Å². The Hall–Kier alpha value is -3.72. The highest BCUT2D eigenvalue weighted by Crippen LogP contribution is 2.32. The molecule has 2 aromatic carbocycles. The van der Waals surface area contributed by atoms with Gasteiger partial charge in [0, 0.05) is 28.8 Å². The summed E-state index contributed by atoms with van der Waals surface area (Å²) >= 11 is 1.04. The van der Waals surface area contributed by atoms with E-state index >= 15 is 0 Å². The maximum atomic E-state index is 12.6. The number of hydrogen-bond acceptors (Lipinski definition) is 8. The normalized spacial score (nSPS) is 12.7. The topological polar surface area (TPSA) is 115 Å². The van der Waals surface area contributed by atoms with E-state index in [4.69, 9.17) is 0 Å². The molecular weight excluding hydrogens is 368 g/mol. The highest BCUT2D eigenvalue weighted by atomic mass is 32.1. The molecule has 0 bridgehead atoms. The second-order valence-electron chi connectivity index (χ2n) is 5.62. The highest BCUT2D eigenvalue weighted by Gasteiger charge is 2.33. The van der Waals surface area contributed by atoms with Crippen molar-refractivity contribution in [2.24, 2.45) is 5.10 Å². The van der Waals surface area contributed by atoms with Gasteiger partial charge in [0.05, 0.1) is 11.1 Å².